The van der Waals surface area contributed by atoms with Crippen LogP contribution in [-0.4, -0.2) is 28.5 Å². The van der Waals surface area contributed by atoms with Gasteiger partial charge in [-0.05, 0) is 24.3 Å². The predicted molar refractivity (Wildman–Crippen MR) is 70.4 cm³/mol. The maximum atomic E-state index is 9.14. The lowest BCUT2D eigenvalue weighted by molar-refractivity contribution is 0.305. The maximum Gasteiger partial charge on any atom is 0.162 e. The predicted octanol–water partition coefficient (Wildman–Crippen LogP) is 0.893. The first-order chi connectivity index (χ1) is 8.85. The van der Waals surface area contributed by atoms with Gasteiger partial charge in [0.2, 0.25) is 0 Å². The Morgan fingerprint density at radius 2 is 1.89 bits per heavy atom. The van der Waals surface area contributed by atoms with Gasteiger partial charge in [0.25, 0.3) is 0 Å². The molecule has 0 fully saturated rings. The highest BCUT2D eigenvalue weighted by molar-refractivity contribution is 5.60. The van der Waals surface area contributed by atoms with Crippen LogP contribution in [0.3, 0.4) is 0 Å². The van der Waals surface area contributed by atoms with Gasteiger partial charge in [-0.2, -0.15) is 0 Å². The second kappa shape index (κ2) is 5.95. The summed E-state index contributed by atoms with van der Waals surface area (Å²) in [6.07, 6.45) is 0. The Bertz CT molecular complexity index is 474. The topological polar surface area (TPSA) is 87.3 Å². The van der Waals surface area contributed by atoms with Crippen molar-refractivity contribution in [3.63, 3.8) is 0 Å². The summed E-state index contributed by atoms with van der Waals surface area (Å²) in [6, 6.07) is 13.2. The Morgan fingerprint density at radius 1 is 1.11 bits per heavy atom. The number of aromatic nitrogens is 2. The number of anilines is 3. The Labute approximate surface area is 105 Å². The van der Waals surface area contributed by atoms with E-state index < -0.39 is 0 Å². The molecule has 1 aromatic heterocycles. The highest BCUT2D eigenvalue weighted by atomic mass is 16.3. The van der Waals surface area contributed by atoms with E-state index in [0.717, 1.165) is 5.69 Å². The number of nitrogen functional groups attached to an aromatic ring is 1. The fraction of sp³-hybridized carbons (Fsp3) is 0.167. The van der Waals surface area contributed by atoms with Gasteiger partial charge >= 0.3 is 0 Å². The van der Waals surface area contributed by atoms with E-state index in [1.807, 2.05) is 35.2 Å². The zero-order valence-electron chi connectivity index (χ0n) is 9.82. The van der Waals surface area contributed by atoms with Crippen molar-refractivity contribution >= 4 is 17.3 Å². The summed E-state index contributed by atoms with van der Waals surface area (Å²) in [5.74, 6) is 6.40. The molecule has 18 heavy (non-hydrogen) atoms. The molecular weight excluding hydrogens is 230 g/mol. The first kappa shape index (κ1) is 12.3. The van der Waals surface area contributed by atoms with Crippen LogP contribution in [0.2, 0.25) is 0 Å². The van der Waals surface area contributed by atoms with Gasteiger partial charge in [0.05, 0.1) is 6.61 Å². The first-order valence-corrected chi connectivity index (χ1v) is 5.59. The number of aliphatic hydroxyl groups excluding tert-OH is 1. The third-order valence-corrected chi connectivity index (χ3v) is 2.47. The molecule has 1 aromatic carbocycles. The van der Waals surface area contributed by atoms with Crippen LogP contribution in [0.1, 0.15) is 0 Å². The number of hydrogen-bond donors (Lipinski definition) is 3. The van der Waals surface area contributed by atoms with Gasteiger partial charge in [0, 0.05) is 12.2 Å². The molecule has 94 valence electrons. The van der Waals surface area contributed by atoms with Crippen molar-refractivity contribution in [1.82, 2.24) is 10.2 Å². The molecule has 0 saturated heterocycles. The van der Waals surface area contributed by atoms with Gasteiger partial charge in [-0.1, -0.05) is 18.2 Å². The molecular formula is C12H15N5O. The highest BCUT2D eigenvalue weighted by Gasteiger charge is 2.10. The number of nitrogens with one attached hydrogen (secondary N) is 1. The molecule has 0 aliphatic heterocycles. The quantitative estimate of drug-likeness (QED) is 0.535. The van der Waals surface area contributed by atoms with Crippen LogP contribution < -0.4 is 16.2 Å². The van der Waals surface area contributed by atoms with Crippen LogP contribution in [0.25, 0.3) is 0 Å². The fourth-order valence-electron chi connectivity index (χ4n) is 1.63. The lowest BCUT2D eigenvalue weighted by Gasteiger charge is -2.22. The summed E-state index contributed by atoms with van der Waals surface area (Å²) in [6.45, 7) is 0.488. The average Bonchev–Trinajstić information content (AvgIpc) is 2.46. The normalized spacial score (nSPS) is 10.1. The van der Waals surface area contributed by atoms with Crippen LogP contribution in [0.5, 0.6) is 0 Å². The van der Waals surface area contributed by atoms with Gasteiger partial charge < -0.3 is 15.4 Å². The first-order valence-electron chi connectivity index (χ1n) is 5.59. The SMILES string of the molecule is NNc1ccc(N(CCO)c2ccccc2)nn1. The highest BCUT2D eigenvalue weighted by Crippen LogP contribution is 2.22. The second-order valence-electron chi connectivity index (χ2n) is 3.63. The van der Waals surface area contributed by atoms with Crippen molar-refractivity contribution in [2.24, 2.45) is 5.84 Å². The van der Waals surface area contributed by atoms with E-state index >= 15 is 0 Å². The zero-order valence-corrected chi connectivity index (χ0v) is 9.82. The van der Waals surface area contributed by atoms with Crippen LogP contribution in [-0.2, 0) is 0 Å². The fourth-order valence-corrected chi connectivity index (χ4v) is 1.63. The third-order valence-electron chi connectivity index (χ3n) is 2.47. The summed E-state index contributed by atoms with van der Waals surface area (Å²) >= 11 is 0. The number of nitrogens with two attached hydrogens (primary N) is 1. The minimum atomic E-state index is 0.0352. The number of rotatable bonds is 5. The van der Waals surface area contributed by atoms with E-state index in [9.17, 15) is 0 Å². The standard InChI is InChI=1S/C12H15N5O/c13-14-11-6-7-12(16-15-11)17(8-9-18)10-4-2-1-3-5-10/h1-7,18H,8-9,13H2,(H,14,15). The smallest absolute Gasteiger partial charge is 0.162 e. The van der Waals surface area contributed by atoms with Crippen molar-refractivity contribution in [3.05, 3.63) is 42.5 Å². The molecule has 0 radical (unpaired) electrons. The summed E-state index contributed by atoms with van der Waals surface area (Å²) in [4.78, 5) is 1.88. The van der Waals surface area contributed by atoms with Crippen molar-refractivity contribution < 1.29 is 5.11 Å². The molecule has 4 N–H and O–H groups in total. The monoisotopic (exact) mass is 245 g/mol. The lowest BCUT2D eigenvalue weighted by atomic mass is 10.3. The Kier molecular flexibility index (Phi) is 4.06. The van der Waals surface area contributed by atoms with Crippen LogP contribution in [0.4, 0.5) is 17.3 Å². The average molecular weight is 245 g/mol. The Hall–Kier alpha value is -2.18. The molecule has 0 amide bonds. The molecule has 2 aromatic rings. The van der Waals surface area contributed by atoms with Crippen molar-refractivity contribution in [3.8, 4) is 0 Å². The summed E-state index contributed by atoms with van der Waals surface area (Å²) < 4.78 is 0. The van der Waals surface area contributed by atoms with E-state index in [-0.39, 0.29) is 6.61 Å². The second-order valence-corrected chi connectivity index (χ2v) is 3.63. The van der Waals surface area contributed by atoms with E-state index in [0.29, 0.717) is 18.2 Å². The summed E-state index contributed by atoms with van der Waals surface area (Å²) in [5, 5.41) is 17.1. The Balaban J connectivity index is 2.29. The van der Waals surface area contributed by atoms with Crippen molar-refractivity contribution in [2.45, 2.75) is 0 Å². The van der Waals surface area contributed by atoms with Gasteiger partial charge in [-0.25, -0.2) is 5.84 Å². The van der Waals surface area contributed by atoms with Gasteiger partial charge in [0.15, 0.2) is 11.6 Å². The molecule has 0 aliphatic carbocycles. The number of para-hydroxylation sites is 1. The summed E-state index contributed by atoms with van der Waals surface area (Å²) in [5.41, 5.74) is 3.38. The molecule has 0 saturated carbocycles. The largest absolute Gasteiger partial charge is 0.395 e. The molecule has 0 unspecified atom stereocenters. The van der Waals surface area contributed by atoms with E-state index in [1.165, 1.54) is 0 Å². The molecule has 6 nitrogen and oxygen atoms in total. The number of aliphatic hydroxyl groups is 1. The van der Waals surface area contributed by atoms with Crippen LogP contribution in [0.15, 0.2) is 42.5 Å². The molecule has 0 spiro atoms. The lowest BCUT2D eigenvalue weighted by Crippen LogP contribution is -2.22. The number of benzene rings is 1. The van der Waals surface area contributed by atoms with Crippen molar-refractivity contribution in [1.29, 1.82) is 0 Å². The van der Waals surface area contributed by atoms with E-state index in [1.54, 1.807) is 12.1 Å². The number of nitrogens with zero attached hydrogens (tertiary/aromatic N) is 3. The van der Waals surface area contributed by atoms with Gasteiger partial charge in [-0.3, -0.25) is 0 Å². The van der Waals surface area contributed by atoms with Gasteiger partial charge in [0.1, 0.15) is 0 Å². The number of hydrogen-bond acceptors (Lipinski definition) is 6. The molecule has 6 heteroatoms. The minimum absolute atomic E-state index is 0.0352. The molecule has 0 atom stereocenters. The van der Waals surface area contributed by atoms with Crippen molar-refractivity contribution in [2.75, 3.05) is 23.5 Å². The molecule has 0 aliphatic rings. The maximum absolute atomic E-state index is 9.14. The van der Waals surface area contributed by atoms with E-state index in [2.05, 4.69) is 15.6 Å². The van der Waals surface area contributed by atoms with Gasteiger partial charge in [-0.15, -0.1) is 10.2 Å². The molecule has 0 bridgehead atoms. The van der Waals surface area contributed by atoms with Crippen LogP contribution in [0, 0.1) is 0 Å². The molecule has 1 heterocycles. The van der Waals surface area contributed by atoms with E-state index in [4.69, 9.17) is 10.9 Å². The molecule has 2 rings (SSSR count). The summed E-state index contributed by atoms with van der Waals surface area (Å²) in [7, 11) is 0. The minimum Gasteiger partial charge on any atom is -0.395 e. The third kappa shape index (κ3) is 2.73. The van der Waals surface area contributed by atoms with Crippen LogP contribution >= 0.6 is 0 Å². The zero-order chi connectivity index (χ0) is 12.8. The Morgan fingerprint density at radius 3 is 2.44 bits per heavy atom. The number of hydrazine groups is 1.